The van der Waals surface area contributed by atoms with E-state index in [1.165, 1.54) is 0 Å². The maximum Gasteiger partial charge on any atom is 0.258 e. The number of aromatic nitrogens is 1. The van der Waals surface area contributed by atoms with Gasteiger partial charge in [-0.05, 0) is 36.8 Å². The van der Waals surface area contributed by atoms with Crippen LogP contribution in [0.3, 0.4) is 0 Å². The van der Waals surface area contributed by atoms with Crippen LogP contribution in [0.2, 0.25) is 5.02 Å². The summed E-state index contributed by atoms with van der Waals surface area (Å²) in [7, 11) is 1.75. The predicted molar refractivity (Wildman–Crippen MR) is 77.9 cm³/mol. The maximum absolute atomic E-state index is 12.2. The largest absolute Gasteiger partial charge is 0.387 e. The van der Waals surface area contributed by atoms with Crippen LogP contribution in [-0.4, -0.2) is 17.9 Å². The molecule has 1 aromatic heterocycles. The highest BCUT2D eigenvalue weighted by atomic mass is 35.5. The molecule has 2 aromatic rings. The van der Waals surface area contributed by atoms with Crippen LogP contribution in [0.15, 0.2) is 36.5 Å². The standard InChI is InChI=1S/C14H14ClN3O/c1-9-3-6-13(17-8-9)18-14(19)11-7-10(15)4-5-12(11)16-2/h3-8,16H,1-2H3,(H,17,18,19). The van der Waals surface area contributed by atoms with Gasteiger partial charge in [0.1, 0.15) is 5.82 Å². The van der Waals surface area contributed by atoms with Crippen molar-refractivity contribution in [3.63, 3.8) is 0 Å². The second kappa shape index (κ2) is 5.71. The number of nitrogens with zero attached hydrogens (tertiary/aromatic N) is 1. The molecule has 0 saturated heterocycles. The van der Waals surface area contributed by atoms with Crippen molar-refractivity contribution < 1.29 is 4.79 Å². The lowest BCUT2D eigenvalue weighted by molar-refractivity contribution is 0.102. The zero-order valence-electron chi connectivity index (χ0n) is 10.7. The van der Waals surface area contributed by atoms with Crippen LogP contribution in [0.4, 0.5) is 11.5 Å². The number of anilines is 2. The number of carbonyl (C=O) groups is 1. The average Bonchev–Trinajstić information content (AvgIpc) is 2.41. The first-order valence-electron chi connectivity index (χ1n) is 5.81. The molecule has 0 spiro atoms. The van der Waals surface area contributed by atoms with E-state index in [1.807, 2.05) is 13.0 Å². The summed E-state index contributed by atoms with van der Waals surface area (Å²) in [6.45, 7) is 1.94. The van der Waals surface area contributed by atoms with Gasteiger partial charge in [0.15, 0.2) is 0 Å². The van der Waals surface area contributed by atoms with Crippen LogP contribution in [0.25, 0.3) is 0 Å². The minimum absolute atomic E-state index is 0.247. The van der Waals surface area contributed by atoms with E-state index in [0.717, 1.165) is 5.56 Å². The molecular formula is C14H14ClN3O. The Morgan fingerprint density at radius 1 is 1.26 bits per heavy atom. The molecule has 0 radical (unpaired) electrons. The summed E-state index contributed by atoms with van der Waals surface area (Å²) in [6, 6.07) is 8.77. The van der Waals surface area contributed by atoms with Crippen molar-refractivity contribution in [2.75, 3.05) is 17.7 Å². The Hall–Kier alpha value is -2.07. The monoisotopic (exact) mass is 275 g/mol. The van der Waals surface area contributed by atoms with Gasteiger partial charge in [-0.15, -0.1) is 0 Å². The van der Waals surface area contributed by atoms with Gasteiger partial charge in [-0.3, -0.25) is 4.79 Å². The van der Waals surface area contributed by atoms with Gasteiger partial charge < -0.3 is 10.6 Å². The van der Waals surface area contributed by atoms with Crippen LogP contribution in [0, 0.1) is 6.92 Å². The van der Waals surface area contributed by atoms with E-state index in [1.54, 1.807) is 37.5 Å². The molecular weight excluding hydrogens is 262 g/mol. The summed E-state index contributed by atoms with van der Waals surface area (Å²) >= 11 is 5.92. The minimum atomic E-state index is -0.247. The van der Waals surface area contributed by atoms with E-state index in [9.17, 15) is 4.79 Å². The predicted octanol–water partition coefficient (Wildman–Crippen LogP) is 3.34. The van der Waals surface area contributed by atoms with Crippen LogP contribution in [0.5, 0.6) is 0 Å². The SMILES string of the molecule is CNc1ccc(Cl)cc1C(=O)Nc1ccc(C)cn1. The second-order valence-corrected chi connectivity index (χ2v) is 4.55. The number of hydrogen-bond donors (Lipinski definition) is 2. The van der Waals surface area contributed by atoms with E-state index in [-0.39, 0.29) is 5.91 Å². The van der Waals surface area contributed by atoms with E-state index in [0.29, 0.717) is 22.1 Å². The quantitative estimate of drug-likeness (QED) is 0.903. The molecule has 1 heterocycles. The zero-order valence-corrected chi connectivity index (χ0v) is 11.5. The van der Waals surface area contributed by atoms with E-state index in [2.05, 4.69) is 15.6 Å². The average molecular weight is 276 g/mol. The Bertz CT molecular complexity index is 596. The molecule has 98 valence electrons. The summed E-state index contributed by atoms with van der Waals surface area (Å²) in [6.07, 6.45) is 1.70. The number of carbonyl (C=O) groups excluding carboxylic acids is 1. The molecule has 0 bridgehead atoms. The summed E-state index contributed by atoms with van der Waals surface area (Å²) in [5.41, 5.74) is 2.24. The van der Waals surface area contributed by atoms with Crippen molar-refractivity contribution in [1.82, 2.24) is 4.98 Å². The minimum Gasteiger partial charge on any atom is -0.387 e. The normalized spacial score (nSPS) is 10.1. The van der Waals surface area contributed by atoms with Crippen molar-refractivity contribution >= 4 is 29.0 Å². The summed E-state index contributed by atoms with van der Waals surface area (Å²) in [5, 5.41) is 6.21. The lowest BCUT2D eigenvalue weighted by Gasteiger charge is -2.10. The topological polar surface area (TPSA) is 54.0 Å². The third-order valence-electron chi connectivity index (χ3n) is 2.65. The van der Waals surface area contributed by atoms with Crippen molar-refractivity contribution in [2.24, 2.45) is 0 Å². The first-order chi connectivity index (χ1) is 9.10. The number of hydrogen-bond acceptors (Lipinski definition) is 3. The first kappa shape index (κ1) is 13.4. The number of rotatable bonds is 3. The highest BCUT2D eigenvalue weighted by Gasteiger charge is 2.12. The fraction of sp³-hybridized carbons (Fsp3) is 0.143. The van der Waals surface area contributed by atoms with Gasteiger partial charge in [0.2, 0.25) is 0 Å². The molecule has 5 heteroatoms. The van der Waals surface area contributed by atoms with Gasteiger partial charge in [-0.1, -0.05) is 17.7 Å². The Kier molecular flexibility index (Phi) is 4.02. The Labute approximate surface area is 116 Å². The summed E-state index contributed by atoms with van der Waals surface area (Å²) in [4.78, 5) is 16.3. The molecule has 0 atom stereocenters. The van der Waals surface area contributed by atoms with E-state index >= 15 is 0 Å². The fourth-order valence-electron chi connectivity index (χ4n) is 1.65. The van der Waals surface area contributed by atoms with Crippen molar-refractivity contribution in [3.8, 4) is 0 Å². The molecule has 0 fully saturated rings. The van der Waals surface area contributed by atoms with Gasteiger partial charge in [0.05, 0.1) is 5.56 Å². The number of benzene rings is 1. The number of amides is 1. The highest BCUT2D eigenvalue weighted by molar-refractivity contribution is 6.31. The number of nitrogens with one attached hydrogen (secondary N) is 2. The zero-order chi connectivity index (χ0) is 13.8. The Morgan fingerprint density at radius 2 is 2.05 bits per heavy atom. The van der Waals surface area contributed by atoms with Gasteiger partial charge >= 0.3 is 0 Å². The van der Waals surface area contributed by atoms with Crippen LogP contribution in [0.1, 0.15) is 15.9 Å². The Balaban J connectivity index is 2.24. The molecule has 0 aliphatic heterocycles. The molecule has 0 aliphatic carbocycles. The van der Waals surface area contributed by atoms with Crippen molar-refractivity contribution in [1.29, 1.82) is 0 Å². The second-order valence-electron chi connectivity index (χ2n) is 4.11. The molecule has 0 saturated carbocycles. The molecule has 1 amide bonds. The number of halogens is 1. The maximum atomic E-state index is 12.2. The third-order valence-corrected chi connectivity index (χ3v) is 2.88. The van der Waals surface area contributed by atoms with Gasteiger partial charge in [-0.2, -0.15) is 0 Å². The van der Waals surface area contributed by atoms with Gasteiger partial charge in [-0.25, -0.2) is 4.98 Å². The molecule has 4 nitrogen and oxygen atoms in total. The lowest BCUT2D eigenvalue weighted by Crippen LogP contribution is -2.14. The van der Waals surface area contributed by atoms with Crippen LogP contribution < -0.4 is 10.6 Å². The highest BCUT2D eigenvalue weighted by Crippen LogP contribution is 2.21. The summed E-state index contributed by atoms with van der Waals surface area (Å²) in [5.74, 6) is 0.265. The molecule has 0 unspecified atom stereocenters. The number of pyridine rings is 1. The van der Waals surface area contributed by atoms with E-state index in [4.69, 9.17) is 11.6 Å². The number of aryl methyl sites for hydroxylation is 1. The smallest absolute Gasteiger partial charge is 0.258 e. The first-order valence-corrected chi connectivity index (χ1v) is 6.19. The van der Waals surface area contributed by atoms with Crippen LogP contribution >= 0.6 is 11.6 Å². The third kappa shape index (κ3) is 3.23. The molecule has 2 rings (SSSR count). The summed E-state index contributed by atoms with van der Waals surface area (Å²) < 4.78 is 0. The van der Waals surface area contributed by atoms with Crippen molar-refractivity contribution in [2.45, 2.75) is 6.92 Å². The van der Waals surface area contributed by atoms with Crippen LogP contribution in [-0.2, 0) is 0 Å². The molecule has 0 aliphatic rings. The molecule has 1 aromatic carbocycles. The molecule has 2 N–H and O–H groups in total. The Morgan fingerprint density at radius 3 is 2.68 bits per heavy atom. The van der Waals surface area contributed by atoms with Gasteiger partial charge in [0.25, 0.3) is 5.91 Å². The van der Waals surface area contributed by atoms with Crippen molar-refractivity contribution in [3.05, 3.63) is 52.7 Å². The van der Waals surface area contributed by atoms with Gasteiger partial charge in [0, 0.05) is 24.0 Å². The fourth-order valence-corrected chi connectivity index (χ4v) is 1.82. The van der Waals surface area contributed by atoms with E-state index < -0.39 is 0 Å². The molecule has 19 heavy (non-hydrogen) atoms. The lowest BCUT2D eigenvalue weighted by atomic mass is 10.1.